The van der Waals surface area contributed by atoms with E-state index >= 15 is 0 Å². The zero-order valence-electron chi connectivity index (χ0n) is 22.0. The van der Waals surface area contributed by atoms with Gasteiger partial charge in [0.25, 0.3) is 5.91 Å². The highest BCUT2D eigenvalue weighted by molar-refractivity contribution is 6.25. The first-order valence-corrected chi connectivity index (χ1v) is 12.6. The molecule has 0 fully saturated rings. The summed E-state index contributed by atoms with van der Waals surface area (Å²) in [6.07, 6.45) is -5.17. The fourth-order valence-corrected chi connectivity index (χ4v) is 6.26. The van der Waals surface area contributed by atoms with Crippen LogP contribution in [-0.4, -0.2) is 79.7 Å². The van der Waals surface area contributed by atoms with Crippen LogP contribution in [-0.2, 0) is 15.8 Å². The van der Waals surface area contributed by atoms with E-state index in [1.165, 1.54) is 43.3 Å². The minimum absolute atomic E-state index is 0.0606. The number of benzene rings is 2. The number of phenolic OH excluding ortho intramolecular Hbond substituents is 1. The summed E-state index contributed by atoms with van der Waals surface area (Å²) in [6, 6.07) is 6.44. The van der Waals surface area contributed by atoms with Gasteiger partial charge in [0.2, 0.25) is 5.78 Å². The first kappa shape index (κ1) is 29.0. The summed E-state index contributed by atoms with van der Waals surface area (Å²) in [7, 11) is 2.80. The number of aliphatic hydroxyl groups excluding tert-OH is 3. The fourth-order valence-electron chi connectivity index (χ4n) is 6.26. The number of phenols is 1. The number of aromatic hydroxyl groups is 1. The third kappa shape index (κ3) is 3.95. The van der Waals surface area contributed by atoms with Crippen molar-refractivity contribution in [2.24, 2.45) is 17.6 Å². The van der Waals surface area contributed by atoms with Crippen molar-refractivity contribution in [3.8, 4) is 5.75 Å². The number of hydrogen-bond acceptors (Lipinski definition) is 9. The lowest BCUT2D eigenvalue weighted by molar-refractivity contribution is -0.159. The Hall–Kier alpha value is -4.46. The molecular formula is C29H25F3N2O8. The van der Waals surface area contributed by atoms with Gasteiger partial charge in [-0.2, -0.15) is 13.2 Å². The normalized spacial score (nSPS) is 28.6. The molecule has 0 radical (unpaired) electrons. The number of amides is 1. The highest BCUT2D eigenvalue weighted by Crippen LogP contribution is 2.55. The van der Waals surface area contributed by atoms with Crippen LogP contribution in [0.4, 0.5) is 13.2 Å². The molecule has 2 aromatic carbocycles. The summed E-state index contributed by atoms with van der Waals surface area (Å²) < 4.78 is 39.5. The number of fused-ring (bicyclic) bond motifs is 3. The maximum absolute atomic E-state index is 13.8. The number of rotatable bonds is 3. The van der Waals surface area contributed by atoms with E-state index in [9.17, 15) is 53.1 Å². The van der Waals surface area contributed by atoms with E-state index in [2.05, 4.69) is 0 Å². The molecule has 5 atom stereocenters. The van der Waals surface area contributed by atoms with Gasteiger partial charge in [0.05, 0.1) is 34.8 Å². The summed E-state index contributed by atoms with van der Waals surface area (Å²) >= 11 is 0. The molecule has 3 aliphatic carbocycles. The Morgan fingerprint density at radius 2 is 1.67 bits per heavy atom. The SMILES string of the molecule is CN(C)[C@H]1C(O)=C(C(N)=O)C(=O)[C@@]2(O)C(O)=C3C(=O)c4c(O)cccc4/C(=C\c4ccc(C(F)(F)F)cc4)[C@H]3[C@H](O)[C@H]12. The first-order chi connectivity index (χ1) is 19.5. The number of nitrogens with zero attached hydrogens (tertiary/aromatic N) is 1. The largest absolute Gasteiger partial charge is 0.510 e. The minimum Gasteiger partial charge on any atom is -0.510 e. The molecule has 1 amide bonds. The molecule has 42 heavy (non-hydrogen) atoms. The lowest BCUT2D eigenvalue weighted by Crippen LogP contribution is -2.68. The Morgan fingerprint density at radius 1 is 1.05 bits per heavy atom. The maximum Gasteiger partial charge on any atom is 0.416 e. The van der Waals surface area contributed by atoms with Gasteiger partial charge in [-0.25, -0.2) is 0 Å². The Balaban J connectivity index is 1.82. The number of hydrogen-bond donors (Lipinski definition) is 6. The van der Waals surface area contributed by atoms with E-state index in [1.807, 2.05) is 0 Å². The van der Waals surface area contributed by atoms with Crippen LogP contribution in [0.1, 0.15) is 27.0 Å². The number of carbonyl (C=O) groups is 3. The Labute approximate surface area is 236 Å². The molecule has 7 N–H and O–H groups in total. The number of halogens is 3. The predicted octanol–water partition coefficient (Wildman–Crippen LogP) is 2.11. The third-order valence-corrected chi connectivity index (χ3v) is 8.09. The molecular weight excluding hydrogens is 561 g/mol. The summed E-state index contributed by atoms with van der Waals surface area (Å²) in [5.74, 6) is -9.91. The molecule has 0 saturated carbocycles. The van der Waals surface area contributed by atoms with Crippen molar-refractivity contribution in [3.63, 3.8) is 0 Å². The highest BCUT2D eigenvalue weighted by atomic mass is 19.4. The van der Waals surface area contributed by atoms with Crippen molar-refractivity contribution in [2.75, 3.05) is 14.1 Å². The van der Waals surface area contributed by atoms with Crippen LogP contribution in [0.3, 0.4) is 0 Å². The molecule has 0 unspecified atom stereocenters. The van der Waals surface area contributed by atoms with Crippen LogP contribution in [0.2, 0.25) is 0 Å². The summed E-state index contributed by atoms with van der Waals surface area (Å²) in [4.78, 5) is 40.7. The molecule has 10 nitrogen and oxygen atoms in total. The van der Waals surface area contributed by atoms with E-state index in [0.29, 0.717) is 0 Å². The molecule has 3 aliphatic rings. The van der Waals surface area contributed by atoms with E-state index in [4.69, 9.17) is 5.73 Å². The molecule has 0 heterocycles. The average Bonchev–Trinajstić information content (AvgIpc) is 2.89. The van der Waals surface area contributed by atoms with Crippen molar-refractivity contribution in [2.45, 2.75) is 23.9 Å². The molecule has 2 aromatic rings. The lowest BCUT2D eigenvalue weighted by Gasteiger charge is -2.52. The van der Waals surface area contributed by atoms with Gasteiger partial charge in [-0.05, 0) is 49.0 Å². The molecule has 0 spiro atoms. The summed E-state index contributed by atoms with van der Waals surface area (Å²) in [6.45, 7) is 0. The van der Waals surface area contributed by atoms with Crippen molar-refractivity contribution < 1.29 is 53.1 Å². The smallest absolute Gasteiger partial charge is 0.416 e. The van der Waals surface area contributed by atoms with Crippen LogP contribution in [0.15, 0.2) is 65.1 Å². The molecule has 0 saturated heterocycles. The van der Waals surface area contributed by atoms with Gasteiger partial charge in [-0.3, -0.25) is 19.3 Å². The number of nitrogens with two attached hydrogens (primary N) is 1. The van der Waals surface area contributed by atoms with Crippen LogP contribution in [0.25, 0.3) is 11.6 Å². The van der Waals surface area contributed by atoms with E-state index in [-0.39, 0.29) is 22.3 Å². The van der Waals surface area contributed by atoms with E-state index in [0.717, 1.165) is 24.3 Å². The van der Waals surface area contributed by atoms with Gasteiger partial charge in [0.15, 0.2) is 11.4 Å². The van der Waals surface area contributed by atoms with Crippen LogP contribution in [0, 0.1) is 11.8 Å². The summed E-state index contributed by atoms with van der Waals surface area (Å²) in [5, 5.41) is 56.6. The lowest BCUT2D eigenvalue weighted by atomic mass is 9.56. The van der Waals surface area contributed by atoms with Crippen LogP contribution in [0.5, 0.6) is 5.75 Å². The molecule has 13 heteroatoms. The van der Waals surface area contributed by atoms with Gasteiger partial charge < -0.3 is 31.3 Å². The molecule has 0 aromatic heterocycles. The molecule has 5 rings (SSSR count). The Morgan fingerprint density at radius 3 is 2.21 bits per heavy atom. The standard InChI is InChI=1S/C29H25F3N2O8/c1-34(2)21-20-23(37)17-14(10-11-6-8-12(9-7-11)29(30,31)32)13-4-3-5-15(35)16(13)22(36)18(17)25(39)28(20,42)26(40)19(24(21)38)27(33)41/h3-10,17,20-21,23,35,37-39,42H,1-2H3,(H2,33,41)/b14-10+/t17-,20+,21-,23+,28+/m1/s1. The molecule has 220 valence electrons. The number of carbonyl (C=O) groups excluding carboxylic acids is 3. The van der Waals surface area contributed by atoms with Gasteiger partial charge in [0.1, 0.15) is 22.8 Å². The predicted molar refractivity (Wildman–Crippen MR) is 141 cm³/mol. The van der Waals surface area contributed by atoms with E-state index in [1.54, 1.807) is 0 Å². The number of primary amides is 1. The van der Waals surface area contributed by atoms with Crippen LogP contribution >= 0.6 is 0 Å². The van der Waals surface area contributed by atoms with Crippen molar-refractivity contribution in [1.29, 1.82) is 0 Å². The zero-order valence-corrected chi connectivity index (χ0v) is 22.0. The third-order valence-electron chi connectivity index (χ3n) is 8.09. The van der Waals surface area contributed by atoms with E-state index < -0.39 is 87.2 Å². The topological polar surface area (TPSA) is 182 Å². The second kappa shape index (κ2) is 9.54. The second-order valence-corrected chi connectivity index (χ2v) is 10.6. The number of aliphatic hydroxyl groups is 4. The van der Waals surface area contributed by atoms with Gasteiger partial charge >= 0.3 is 6.18 Å². The number of alkyl halides is 3. The summed E-state index contributed by atoms with van der Waals surface area (Å²) in [5.41, 5.74) is -0.455. The molecule has 0 aliphatic heterocycles. The highest BCUT2D eigenvalue weighted by Gasteiger charge is 2.67. The maximum atomic E-state index is 13.8. The van der Waals surface area contributed by atoms with Crippen molar-refractivity contribution in [3.05, 3.63) is 87.4 Å². The first-order valence-electron chi connectivity index (χ1n) is 12.6. The monoisotopic (exact) mass is 586 g/mol. The van der Waals surface area contributed by atoms with Crippen molar-refractivity contribution >= 4 is 29.1 Å². The second-order valence-electron chi connectivity index (χ2n) is 10.6. The quantitative estimate of drug-likeness (QED) is 0.294. The Bertz CT molecular complexity index is 1640. The fraction of sp³-hybridized carbons (Fsp3) is 0.276. The number of likely N-dealkylation sites (N-methyl/N-ethyl adjacent to an activating group) is 1. The number of Topliss-reactive ketones (excluding diaryl/α,β-unsaturated/α-hetero) is 2. The number of ketones is 2. The van der Waals surface area contributed by atoms with Crippen molar-refractivity contribution in [1.82, 2.24) is 4.90 Å². The molecule has 0 bridgehead atoms. The van der Waals surface area contributed by atoms with Crippen LogP contribution < -0.4 is 5.73 Å². The van der Waals surface area contributed by atoms with Gasteiger partial charge in [-0.1, -0.05) is 30.3 Å². The minimum atomic E-state index is -4.61. The Kier molecular flexibility index (Phi) is 6.60. The zero-order chi connectivity index (χ0) is 31.0. The van der Waals surface area contributed by atoms with Gasteiger partial charge in [0, 0.05) is 5.92 Å². The van der Waals surface area contributed by atoms with Gasteiger partial charge in [-0.15, -0.1) is 0 Å². The average molecular weight is 587 g/mol.